The number of rotatable bonds is 34. The predicted octanol–water partition coefficient (Wildman–Crippen LogP) is -0.534. The molecule has 42 heteroatoms. The Balaban J connectivity index is 1.63. The van der Waals surface area contributed by atoms with Crippen LogP contribution >= 0.6 is 0 Å². The van der Waals surface area contributed by atoms with Gasteiger partial charge >= 0.3 is 0 Å². The van der Waals surface area contributed by atoms with Gasteiger partial charge in [0.2, 0.25) is 106 Å². The smallest absolute Gasteiger partial charge is 0.246 e. The Morgan fingerprint density at radius 1 is 0.236 bits per heavy atom. The second-order valence-corrected chi connectivity index (χ2v) is 41.5. The first kappa shape index (κ1) is 123. The van der Waals surface area contributed by atoms with E-state index in [9.17, 15) is 67.1 Å². The van der Waals surface area contributed by atoms with Crippen molar-refractivity contribution in [3.63, 3.8) is 0 Å². The van der Waals surface area contributed by atoms with Crippen molar-refractivity contribution >= 4 is 106 Å². The van der Waals surface area contributed by atoms with Gasteiger partial charge in [-0.05, 0) is 226 Å². The van der Waals surface area contributed by atoms with Gasteiger partial charge in [-0.15, -0.1) is 0 Å². The van der Waals surface area contributed by atoms with Crippen LogP contribution in [0.15, 0.2) is 60.7 Å². The van der Waals surface area contributed by atoms with Crippen LogP contribution in [0.4, 0.5) is 0 Å². The fourth-order valence-electron chi connectivity index (χ4n) is 17.8. The zero-order chi connectivity index (χ0) is 107. The summed E-state index contributed by atoms with van der Waals surface area (Å²) in [5, 5.41) is 44.9. The number of hydrogen-bond acceptors (Lipinski definition) is 24. The topological polar surface area (TPSA) is 662 Å². The monoisotopic (exact) mass is 2020 g/mol. The molecule has 3 fully saturated rings. The second kappa shape index (κ2) is 63.2. The third-order valence-corrected chi connectivity index (χ3v) is 25.8. The Hall–Kier alpha value is -11.3. The van der Waals surface area contributed by atoms with Crippen LogP contribution < -0.4 is 119 Å². The highest BCUT2D eigenvalue weighted by Gasteiger charge is 2.46. The third kappa shape index (κ3) is 40.6. The molecule has 0 radical (unpaired) electrons. The summed E-state index contributed by atoms with van der Waals surface area (Å²) in [5.41, 5.74) is 37.4. The van der Waals surface area contributed by atoms with Crippen LogP contribution in [-0.4, -0.2) is 277 Å². The number of amides is 18. The number of nitrogens with two attached hydrogens (primary N) is 6. The lowest BCUT2D eigenvalue weighted by Crippen LogP contribution is -2.62. The summed E-state index contributed by atoms with van der Waals surface area (Å²) in [6.07, 6.45) is 1.54. The van der Waals surface area contributed by atoms with Crippen molar-refractivity contribution in [3.8, 4) is 0 Å². The van der Waals surface area contributed by atoms with Gasteiger partial charge in [0.1, 0.15) is 109 Å². The van der Waals surface area contributed by atoms with E-state index in [1.807, 2.05) is 27.7 Å². The zero-order valence-corrected chi connectivity index (χ0v) is 87.7. The molecule has 3 saturated heterocycles. The summed E-state index contributed by atoms with van der Waals surface area (Å²) in [6, 6.07) is -6.76. The van der Waals surface area contributed by atoms with Crippen LogP contribution in [0.25, 0.3) is 0 Å². The van der Waals surface area contributed by atoms with Gasteiger partial charge in [-0.25, -0.2) is 0 Å². The summed E-state index contributed by atoms with van der Waals surface area (Å²) in [6.45, 7) is 28.1. The van der Waals surface area contributed by atoms with E-state index < -0.39 is 239 Å². The highest BCUT2D eigenvalue weighted by molar-refractivity contribution is 6.03. The summed E-state index contributed by atoms with van der Waals surface area (Å²) < 4.78 is 0. The minimum absolute atomic E-state index is 0.00845. The number of fused-ring (bicyclic) bond motifs is 2. The van der Waals surface area contributed by atoms with Crippen LogP contribution in [0.3, 0.4) is 0 Å². The van der Waals surface area contributed by atoms with E-state index >= 15 is 19.2 Å². The van der Waals surface area contributed by atoms with Gasteiger partial charge in [0.05, 0.1) is 0 Å². The van der Waals surface area contributed by atoms with Crippen LogP contribution in [0.2, 0.25) is 0 Å². The first-order chi connectivity index (χ1) is 68.2. The lowest BCUT2D eigenvalue weighted by molar-refractivity contribution is -0.143. The molecule has 3 aliphatic heterocycles. The van der Waals surface area contributed by atoms with E-state index in [-0.39, 0.29) is 204 Å². The van der Waals surface area contributed by atoms with Crippen molar-refractivity contribution in [2.75, 3.05) is 52.4 Å². The van der Waals surface area contributed by atoms with Crippen LogP contribution in [0.1, 0.15) is 250 Å². The van der Waals surface area contributed by atoms with Crippen molar-refractivity contribution < 1.29 is 86.3 Å². The standard InChI is InChI=1S/C102H172N24O18/c1-57(2)51-73-91(133)109-71(39-27-47-107)89(131)121-81(61(9)10)97(139)111-67(35-23-43-103)87(129)117-75(53-59(5)6)93(135)120-78(56-66-33-21-18-22-34-66)102(144)126-50-30-42-80(126)96(138)124-84(64(15)16)100(142)114-70(38-26-46-106)86(128)116-74(52-58(3)4)92(134)110-72(40-28-48-108)90(132)122-82(62(11)12)98(140)112-68(36-24-44-104)88(130)118-76(54-60(7)8)94(136)119-77(55-65-31-19-17-20-32-65)101(143)125-49-29-41-79(125)95(137)123-83(63(13)14)99(141)113-69(37-25-45-105)85(127)115-73/h17-22,31-34,57-64,67-84H,23-30,35-56,103-108H2,1-16H3,(H,109,133)(H,110,134)(H,111,139)(H,112,140)(H,113,141)(H,114,142)(H,115,127)(H,116,128)(H,117,129)(H,118,130)(H,119,136)(H,120,135)(H,121,131)(H,122,132)(H,123,137)(H,124,138)/t67-,68-,69-,70-,71-,72-,73-,74-,75-,76-,77+,78+,79-,80-,81-,82-,83-,84-/m0/s1. The Labute approximate surface area is 850 Å². The summed E-state index contributed by atoms with van der Waals surface area (Å²) in [7, 11) is 0. The number of nitrogens with one attached hydrogen (secondary N) is 16. The van der Waals surface area contributed by atoms with E-state index in [1.165, 1.54) is 9.80 Å². The van der Waals surface area contributed by atoms with Crippen molar-refractivity contribution in [2.45, 2.75) is 361 Å². The first-order valence-electron chi connectivity index (χ1n) is 52.0. The third-order valence-electron chi connectivity index (χ3n) is 25.8. The molecule has 3 heterocycles. The Kier molecular flexibility index (Phi) is 54.0. The maximum Gasteiger partial charge on any atom is 0.246 e. The van der Waals surface area contributed by atoms with Gasteiger partial charge in [-0.3, -0.25) is 86.3 Å². The van der Waals surface area contributed by atoms with Crippen molar-refractivity contribution in [2.24, 2.45) is 81.7 Å². The predicted molar refractivity (Wildman–Crippen MR) is 548 cm³/mol. The van der Waals surface area contributed by atoms with Crippen molar-refractivity contribution in [1.82, 2.24) is 94.9 Å². The molecule has 0 saturated carbocycles. The molecule has 144 heavy (non-hydrogen) atoms. The normalized spacial score (nSPS) is 26.3. The van der Waals surface area contributed by atoms with Gasteiger partial charge in [0.15, 0.2) is 0 Å². The van der Waals surface area contributed by atoms with Crippen molar-refractivity contribution in [1.29, 1.82) is 0 Å². The van der Waals surface area contributed by atoms with E-state index in [0.717, 1.165) is 0 Å². The summed E-state index contributed by atoms with van der Waals surface area (Å²) in [5.74, 6) is -17.9. The molecule has 3 aliphatic rings. The minimum atomic E-state index is -1.38. The SMILES string of the molecule is CC(C)C[C@@H]1NC(=O)[C@H](CCCN)NC(=O)[C@H](C(C)C)NC(=O)[C@@H]2CCCN2C(=O)[C@@H](Cc2ccccc2)NC(=O)[C@H](CC(C)C)NC(=O)[C@H](CCCN)NC(=O)[C@H](C(C)C)NC(=O)[C@H](CCCN)NC(=O)[C@H](CC(C)C)NC(=O)[C@H](CCCN)NC(=O)[C@H](C(C)C)NC(=O)[C@@H]2CCCN2C(=O)[C@@H](Cc2ccccc2)NC(=O)[C@H](CC(C)C)NC(=O)[C@H](CCCN)NC(=O)[C@H](C(C)C)NC(=O)[C@H](CCCN)NC1=O. The second-order valence-electron chi connectivity index (χ2n) is 41.5. The minimum Gasteiger partial charge on any atom is -0.343 e. The Bertz CT molecular complexity index is 4210. The molecule has 0 spiro atoms. The molecule has 2 aromatic rings. The lowest BCUT2D eigenvalue weighted by atomic mass is 9.98. The fraction of sp³-hybridized carbons (Fsp3) is 0.706. The number of hydrogen-bond donors (Lipinski definition) is 22. The van der Waals surface area contributed by atoms with Gasteiger partial charge < -0.3 is 129 Å². The van der Waals surface area contributed by atoms with Crippen LogP contribution in [0, 0.1) is 47.3 Å². The molecular formula is C102H172N24O18. The molecule has 18 atom stereocenters. The van der Waals surface area contributed by atoms with Crippen LogP contribution in [0.5, 0.6) is 0 Å². The number of nitrogens with zero attached hydrogens (tertiary/aromatic N) is 2. The molecule has 42 nitrogen and oxygen atoms in total. The first-order valence-corrected chi connectivity index (χ1v) is 52.0. The van der Waals surface area contributed by atoms with Gasteiger partial charge in [-0.1, -0.05) is 171 Å². The Morgan fingerprint density at radius 3 is 0.618 bits per heavy atom. The highest BCUT2D eigenvalue weighted by atomic mass is 16.2. The van der Waals surface area contributed by atoms with Gasteiger partial charge in [-0.2, -0.15) is 0 Å². The molecule has 18 amide bonds. The highest BCUT2D eigenvalue weighted by Crippen LogP contribution is 2.26. The quantitative estimate of drug-likeness (QED) is 0.0419. The summed E-state index contributed by atoms with van der Waals surface area (Å²) in [4.78, 5) is 272. The molecule has 28 N–H and O–H groups in total. The molecular weight excluding hydrogens is 1850 g/mol. The fourth-order valence-corrected chi connectivity index (χ4v) is 17.8. The number of benzene rings is 2. The van der Waals surface area contributed by atoms with E-state index in [2.05, 4.69) is 85.1 Å². The lowest BCUT2D eigenvalue weighted by Gasteiger charge is -2.32. The maximum absolute atomic E-state index is 15.4. The van der Waals surface area contributed by atoms with Crippen LogP contribution in [-0.2, 0) is 99.1 Å². The van der Waals surface area contributed by atoms with Gasteiger partial charge in [0, 0.05) is 25.9 Å². The molecule has 0 bridgehead atoms. The molecule has 0 aromatic heterocycles. The number of carbonyl (C=O) groups is 18. The molecule has 5 rings (SSSR count). The Morgan fingerprint density at radius 2 is 0.417 bits per heavy atom. The maximum atomic E-state index is 15.4. The average Bonchev–Trinajstić information content (AvgIpc) is 1.53. The van der Waals surface area contributed by atoms with Crippen molar-refractivity contribution in [3.05, 3.63) is 71.8 Å². The molecule has 2 aromatic carbocycles. The van der Waals surface area contributed by atoms with Gasteiger partial charge in [0.25, 0.3) is 0 Å². The average molecular weight is 2020 g/mol. The number of carbonyl (C=O) groups excluding carboxylic acids is 18. The molecule has 808 valence electrons. The van der Waals surface area contributed by atoms with E-state index in [1.54, 1.807) is 144 Å². The molecule has 0 unspecified atom stereocenters. The largest absolute Gasteiger partial charge is 0.343 e. The summed E-state index contributed by atoms with van der Waals surface area (Å²) >= 11 is 0. The van der Waals surface area contributed by atoms with E-state index in [0.29, 0.717) is 24.0 Å². The molecule has 0 aliphatic carbocycles. The van der Waals surface area contributed by atoms with E-state index in [4.69, 9.17) is 34.4 Å². The zero-order valence-electron chi connectivity index (χ0n) is 87.7.